The smallest absolute Gasteiger partial charge is 0.0584 e. The van der Waals surface area contributed by atoms with E-state index in [1.807, 2.05) is 18.2 Å². The summed E-state index contributed by atoms with van der Waals surface area (Å²) in [4.78, 5) is 2.29. The highest BCUT2D eigenvalue weighted by atomic mass is 16.5. The molecule has 0 atom stereocenters. The maximum Gasteiger partial charge on any atom is 0.0584 e. The molecule has 1 heterocycles. The summed E-state index contributed by atoms with van der Waals surface area (Å²) < 4.78 is 5.22. The molecule has 0 aliphatic carbocycles. The number of aliphatic hydroxyl groups is 1. The van der Waals surface area contributed by atoms with E-state index in [0.717, 1.165) is 13.1 Å². The van der Waals surface area contributed by atoms with Gasteiger partial charge in [0.15, 0.2) is 0 Å². The van der Waals surface area contributed by atoms with Gasteiger partial charge in [-0.2, -0.15) is 0 Å². The molecule has 1 N–H and O–H groups in total. The van der Waals surface area contributed by atoms with Gasteiger partial charge in [-0.15, -0.1) is 0 Å². The first-order chi connectivity index (χ1) is 7.79. The van der Waals surface area contributed by atoms with Gasteiger partial charge < -0.3 is 14.7 Å². The second-order valence-electron chi connectivity index (χ2n) is 4.50. The summed E-state index contributed by atoms with van der Waals surface area (Å²) in [5, 5.41) is 9.42. The Morgan fingerprint density at radius 3 is 2.44 bits per heavy atom. The molecule has 0 radical (unpaired) electrons. The molecule has 1 aromatic rings. The zero-order chi connectivity index (χ0) is 11.4. The molecule has 0 bridgehead atoms. The average Bonchev–Trinajstić information content (AvgIpc) is 2.30. The number of nitrogens with zero attached hydrogens (tertiary/aromatic N) is 1. The minimum Gasteiger partial charge on any atom is -0.396 e. The number of rotatable bonds is 5. The van der Waals surface area contributed by atoms with Crippen LogP contribution in [0.25, 0.3) is 0 Å². The Morgan fingerprint density at radius 1 is 1.31 bits per heavy atom. The van der Waals surface area contributed by atoms with E-state index in [4.69, 9.17) is 4.74 Å². The van der Waals surface area contributed by atoms with Gasteiger partial charge in [-0.1, -0.05) is 18.2 Å². The third-order valence-electron chi connectivity index (χ3n) is 3.18. The van der Waals surface area contributed by atoms with Gasteiger partial charge in [-0.25, -0.2) is 0 Å². The van der Waals surface area contributed by atoms with Gasteiger partial charge in [0.25, 0.3) is 0 Å². The van der Waals surface area contributed by atoms with Crippen molar-refractivity contribution < 1.29 is 9.84 Å². The van der Waals surface area contributed by atoms with Gasteiger partial charge >= 0.3 is 0 Å². The lowest BCUT2D eigenvalue weighted by atomic mass is 9.86. The fourth-order valence-electron chi connectivity index (χ4n) is 2.05. The van der Waals surface area contributed by atoms with Crippen molar-refractivity contribution in [2.45, 2.75) is 6.92 Å². The molecule has 3 heteroatoms. The van der Waals surface area contributed by atoms with Gasteiger partial charge in [0.2, 0.25) is 0 Å². The summed E-state index contributed by atoms with van der Waals surface area (Å²) >= 11 is 0. The van der Waals surface area contributed by atoms with Crippen LogP contribution in [-0.4, -0.2) is 38.0 Å². The van der Waals surface area contributed by atoms with Crippen molar-refractivity contribution in [2.75, 3.05) is 37.8 Å². The van der Waals surface area contributed by atoms with Gasteiger partial charge in [0.05, 0.1) is 25.2 Å². The topological polar surface area (TPSA) is 32.7 Å². The highest BCUT2D eigenvalue weighted by Crippen LogP contribution is 2.29. The monoisotopic (exact) mass is 221 g/mol. The molecular weight excluding hydrogens is 202 g/mol. The maximum atomic E-state index is 9.42. The summed E-state index contributed by atoms with van der Waals surface area (Å²) in [6, 6.07) is 10.3. The van der Waals surface area contributed by atoms with Gasteiger partial charge in [-0.3, -0.25) is 0 Å². The minimum atomic E-state index is -0.0498. The van der Waals surface area contributed by atoms with Gasteiger partial charge in [0.1, 0.15) is 0 Å². The lowest BCUT2D eigenvalue weighted by Gasteiger charge is -2.43. The van der Waals surface area contributed by atoms with E-state index in [2.05, 4.69) is 24.0 Å². The molecule has 16 heavy (non-hydrogen) atoms. The maximum absolute atomic E-state index is 9.42. The van der Waals surface area contributed by atoms with Crippen LogP contribution in [0.3, 0.4) is 0 Å². The first-order valence-electron chi connectivity index (χ1n) is 5.78. The number of aliphatic hydroxyl groups excluding tert-OH is 1. The molecular formula is C13H19NO2. The fraction of sp³-hybridized carbons (Fsp3) is 0.538. The normalized spacial score (nSPS) is 17.9. The van der Waals surface area contributed by atoms with Crippen molar-refractivity contribution >= 4 is 5.69 Å². The standard InChI is InChI=1S/C13H19NO2/c1-2-14(12-6-4-3-5-7-12)8-13(9-15)10-16-11-13/h3-7,15H,2,8-11H2,1H3. The Balaban J connectivity index is 2.06. The van der Waals surface area contributed by atoms with Crippen LogP contribution in [0, 0.1) is 5.41 Å². The molecule has 0 amide bonds. The fourth-order valence-corrected chi connectivity index (χ4v) is 2.05. The lowest BCUT2D eigenvalue weighted by molar-refractivity contribution is -0.130. The Bertz CT molecular complexity index is 316. The average molecular weight is 221 g/mol. The van der Waals surface area contributed by atoms with E-state index < -0.39 is 0 Å². The first kappa shape index (κ1) is 11.4. The molecule has 3 nitrogen and oxygen atoms in total. The second-order valence-corrected chi connectivity index (χ2v) is 4.50. The van der Waals surface area contributed by atoms with Crippen molar-refractivity contribution in [3.8, 4) is 0 Å². The number of hydrogen-bond acceptors (Lipinski definition) is 3. The van der Waals surface area contributed by atoms with Crippen molar-refractivity contribution in [2.24, 2.45) is 5.41 Å². The third kappa shape index (κ3) is 2.20. The summed E-state index contributed by atoms with van der Waals surface area (Å²) in [6.45, 7) is 5.50. The molecule has 1 fully saturated rings. The van der Waals surface area contributed by atoms with Crippen molar-refractivity contribution in [1.82, 2.24) is 0 Å². The Kier molecular flexibility index (Phi) is 3.46. The summed E-state index contributed by atoms with van der Waals surface area (Å²) in [6.07, 6.45) is 0. The lowest BCUT2D eigenvalue weighted by Crippen LogP contribution is -2.53. The van der Waals surface area contributed by atoms with E-state index in [1.165, 1.54) is 5.69 Å². The van der Waals surface area contributed by atoms with E-state index in [-0.39, 0.29) is 12.0 Å². The van der Waals surface area contributed by atoms with Crippen molar-refractivity contribution in [3.05, 3.63) is 30.3 Å². The molecule has 0 spiro atoms. The summed E-state index contributed by atoms with van der Waals surface area (Å²) in [5.74, 6) is 0. The Labute approximate surface area is 96.6 Å². The second kappa shape index (κ2) is 4.85. The Morgan fingerprint density at radius 2 is 2.00 bits per heavy atom. The first-order valence-corrected chi connectivity index (χ1v) is 5.78. The quantitative estimate of drug-likeness (QED) is 0.818. The zero-order valence-corrected chi connectivity index (χ0v) is 9.72. The summed E-state index contributed by atoms with van der Waals surface area (Å²) in [5.41, 5.74) is 1.16. The predicted octanol–water partition coefficient (Wildman–Crippen LogP) is 1.52. The van der Waals surface area contributed by atoms with E-state index >= 15 is 0 Å². The predicted molar refractivity (Wildman–Crippen MR) is 64.7 cm³/mol. The molecule has 2 rings (SSSR count). The van der Waals surface area contributed by atoms with Crippen molar-refractivity contribution in [3.63, 3.8) is 0 Å². The third-order valence-corrected chi connectivity index (χ3v) is 3.18. The molecule has 88 valence electrons. The zero-order valence-electron chi connectivity index (χ0n) is 9.72. The van der Waals surface area contributed by atoms with Crippen LogP contribution >= 0.6 is 0 Å². The van der Waals surface area contributed by atoms with E-state index in [0.29, 0.717) is 13.2 Å². The molecule has 1 aliphatic rings. The molecule has 0 aromatic heterocycles. The number of ether oxygens (including phenoxy) is 1. The van der Waals surface area contributed by atoms with Gasteiger partial charge in [-0.05, 0) is 19.1 Å². The van der Waals surface area contributed by atoms with E-state index in [1.54, 1.807) is 0 Å². The molecule has 0 unspecified atom stereocenters. The molecule has 1 aromatic carbocycles. The molecule has 1 saturated heterocycles. The number of benzene rings is 1. The number of anilines is 1. The summed E-state index contributed by atoms with van der Waals surface area (Å²) in [7, 11) is 0. The Hall–Kier alpha value is -1.06. The van der Waals surface area contributed by atoms with Crippen LogP contribution in [0.1, 0.15) is 6.92 Å². The number of hydrogen-bond donors (Lipinski definition) is 1. The van der Waals surface area contributed by atoms with Crippen LogP contribution in [0.15, 0.2) is 30.3 Å². The SMILES string of the molecule is CCN(CC1(CO)COC1)c1ccccc1. The van der Waals surface area contributed by atoms with Crippen LogP contribution < -0.4 is 4.90 Å². The van der Waals surface area contributed by atoms with Crippen LogP contribution in [-0.2, 0) is 4.74 Å². The minimum absolute atomic E-state index is 0.0498. The molecule has 1 aliphatic heterocycles. The van der Waals surface area contributed by atoms with Crippen LogP contribution in [0.5, 0.6) is 0 Å². The van der Waals surface area contributed by atoms with Crippen molar-refractivity contribution in [1.29, 1.82) is 0 Å². The highest BCUT2D eigenvalue weighted by Gasteiger charge is 2.39. The van der Waals surface area contributed by atoms with E-state index in [9.17, 15) is 5.11 Å². The van der Waals surface area contributed by atoms with Crippen LogP contribution in [0.2, 0.25) is 0 Å². The van der Waals surface area contributed by atoms with Gasteiger partial charge in [0, 0.05) is 18.8 Å². The largest absolute Gasteiger partial charge is 0.396 e. The molecule has 0 saturated carbocycles. The van der Waals surface area contributed by atoms with Crippen LogP contribution in [0.4, 0.5) is 5.69 Å². The number of para-hydroxylation sites is 1. The highest BCUT2D eigenvalue weighted by molar-refractivity contribution is 5.46.